The van der Waals surface area contributed by atoms with E-state index in [1.54, 1.807) is 6.92 Å². The normalized spacial score (nSPS) is 9.93. The third-order valence-corrected chi connectivity index (χ3v) is 2.10. The molecule has 0 unspecified atom stereocenters. The lowest BCUT2D eigenvalue weighted by atomic mass is 10.4. The minimum Gasteiger partial charge on any atom is -0.465 e. The molecule has 0 fully saturated rings. The molecule has 1 amide bonds. The molecule has 1 aromatic rings. The molecule has 76 valence electrons. The SMILES string of the molecule is CCN(C(=O)O)c1c(Cl)ncnc1Cl. The third kappa shape index (κ3) is 2.05. The molecule has 7 heteroatoms. The van der Waals surface area contributed by atoms with Crippen LogP contribution >= 0.6 is 23.2 Å². The summed E-state index contributed by atoms with van der Waals surface area (Å²) < 4.78 is 0. The van der Waals surface area contributed by atoms with Gasteiger partial charge < -0.3 is 5.11 Å². The highest BCUT2D eigenvalue weighted by atomic mass is 35.5. The zero-order valence-corrected chi connectivity index (χ0v) is 8.75. The number of hydrogen-bond acceptors (Lipinski definition) is 3. The van der Waals surface area contributed by atoms with E-state index in [-0.39, 0.29) is 22.5 Å². The number of aromatic nitrogens is 2. The molecule has 1 N–H and O–H groups in total. The van der Waals surface area contributed by atoms with Gasteiger partial charge in [0.1, 0.15) is 12.0 Å². The molecule has 0 aromatic carbocycles. The fourth-order valence-electron chi connectivity index (χ4n) is 0.949. The Morgan fingerprint density at radius 2 is 2.00 bits per heavy atom. The van der Waals surface area contributed by atoms with Crippen LogP contribution in [0.25, 0.3) is 0 Å². The largest absolute Gasteiger partial charge is 0.465 e. The lowest BCUT2D eigenvalue weighted by Gasteiger charge is -2.17. The molecule has 0 radical (unpaired) electrons. The van der Waals surface area contributed by atoms with E-state index < -0.39 is 6.09 Å². The van der Waals surface area contributed by atoms with Crippen LogP contribution in [0.3, 0.4) is 0 Å². The monoisotopic (exact) mass is 235 g/mol. The number of rotatable bonds is 2. The highest BCUT2D eigenvalue weighted by Gasteiger charge is 2.20. The third-order valence-electron chi connectivity index (χ3n) is 1.55. The van der Waals surface area contributed by atoms with Gasteiger partial charge in [-0.15, -0.1) is 0 Å². The van der Waals surface area contributed by atoms with E-state index in [4.69, 9.17) is 28.3 Å². The Balaban J connectivity index is 3.22. The molecule has 0 saturated heterocycles. The Morgan fingerprint density at radius 3 is 2.36 bits per heavy atom. The zero-order chi connectivity index (χ0) is 10.7. The molecule has 0 atom stereocenters. The maximum atomic E-state index is 10.8. The summed E-state index contributed by atoms with van der Waals surface area (Å²) in [6.07, 6.45) is 0.0234. The maximum absolute atomic E-state index is 10.8. The molecular formula is C7H7Cl2N3O2. The summed E-state index contributed by atoms with van der Waals surface area (Å²) in [7, 11) is 0. The lowest BCUT2D eigenvalue weighted by Crippen LogP contribution is -2.29. The Labute approximate surface area is 90.3 Å². The van der Waals surface area contributed by atoms with Crippen LogP contribution < -0.4 is 4.90 Å². The van der Waals surface area contributed by atoms with Crippen molar-refractivity contribution < 1.29 is 9.90 Å². The van der Waals surface area contributed by atoms with Gasteiger partial charge in [0.15, 0.2) is 10.3 Å². The number of hydrogen-bond donors (Lipinski definition) is 1. The number of nitrogens with zero attached hydrogens (tertiary/aromatic N) is 3. The fraction of sp³-hybridized carbons (Fsp3) is 0.286. The van der Waals surface area contributed by atoms with Crippen molar-refractivity contribution in [2.24, 2.45) is 0 Å². The Kier molecular flexibility index (Phi) is 3.49. The van der Waals surface area contributed by atoms with Gasteiger partial charge in [-0.2, -0.15) is 0 Å². The summed E-state index contributed by atoms with van der Waals surface area (Å²) in [4.78, 5) is 19.1. The zero-order valence-electron chi connectivity index (χ0n) is 7.24. The lowest BCUT2D eigenvalue weighted by molar-refractivity contribution is 0.202. The van der Waals surface area contributed by atoms with E-state index in [2.05, 4.69) is 9.97 Å². The molecule has 0 saturated carbocycles. The maximum Gasteiger partial charge on any atom is 0.411 e. The van der Waals surface area contributed by atoms with Crippen molar-refractivity contribution in [2.45, 2.75) is 6.92 Å². The van der Waals surface area contributed by atoms with Gasteiger partial charge in [-0.3, -0.25) is 4.90 Å². The summed E-state index contributed by atoms with van der Waals surface area (Å²) >= 11 is 11.4. The van der Waals surface area contributed by atoms with Crippen LogP contribution in [-0.2, 0) is 0 Å². The second kappa shape index (κ2) is 4.43. The summed E-state index contributed by atoms with van der Waals surface area (Å²) in [6.45, 7) is 1.88. The first-order valence-corrected chi connectivity index (χ1v) is 4.50. The topological polar surface area (TPSA) is 66.3 Å². The van der Waals surface area contributed by atoms with E-state index in [0.29, 0.717) is 0 Å². The van der Waals surface area contributed by atoms with E-state index in [9.17, 15) is 4.79 Å². The van der Waals surface area contributed by atoms with E-state index in [1.165, 1.54) is 6.33 Å². The van der Waals surface area contributed by atoms with Crippen LogP contribution in [0.1, 0.15) is 6.92 Å². The molecule has 0 aliphatic heterocycles. The van der Waals surface area contributed by atoms with Crippen molar-refractivity contribution in [1.29, 1.82) is 0 Å². The van der Waals surface area contributed by atoms with E-state index in [1.807, 2.05) is 0 Å². The second-order valence-electron chi connectivity index (χ2n) is 2.33. The van der Waals surface area contributed by atoms with Gasteiger partial charge in [0.2, 0.25) is 0 Å². The van der Waals surface area contributed by atoms with Gasteiger partial charge in [-0.1, -0.05) is 23.2 Å². The number of anilines is 1. The number of carboxylic acid groups (broad SMARTS) is 1. The van der Waals surface area contributed by atoms with Crippen molar-refractivity contribution >= 4 is 35.0 Å². The standard InChI is InChI=1S/C7H7Cl2N3O2/c1-2-12(7(13)14)4-5(8)10-3-11-6(4)9/h3H,2H2,1H3,(H,13,14). The first-order chi connectivity index (χ1) is 6.57. The van der Waals surface area contributed by atoms with Crippen molar-refractivity contribution in [3.05, 3.63) is 16.6 Å². The minimum atomic E-state index is -1.15. The van der Waals surface area contributed by atoms with Crippen LogP contribution in [0, 0.1) is 0 Å². The average molecular weight is 236 g/mol. The number of halogens is 2. The molecule has 0 bridgehead atoms. The average Bonchev–Trinajstić information content (AvgIpc) is 2.10. The summed E-state index contributed by atoms with van der Waals surface area (Å²) in [5.41, 5.74) is 0.117. The summed E-state index contributed by atoms with van der Waals surface area (Å²) in [6, 6.07) is 0. The van der Waals surface area contributed by atoms with Crippen LogP contribution in [0.15, 0.2) is 6.33 Å². The predicted molar refractivity (Wildman–Crippen MR) is 53.1 cm³/mol. The van der Waals surface area contributed by atoms with Crippen LogP contribution in [0.4, 0.5) is 10.5 Å². The van der Waals surface area contributed by atoms with Gasteiger partial charge in [-0.25, -0.2) is 14.8 Å². The molecule has 1 rings (SSSR count). The highest BCUT2D eigenvalue weighted by Crippen LogP contribution is 2.29. The molecule has 1 heterocycles. The van der Waals surface area contributed by atoms with Crippen molar-refractivity contribution in [3.8, 4) is 0 Å². The Hall–Kier alpha value is -1.07. The van der Waals surface area contributed by atoms with Gasteiger partial charge in [0, 0.05) is 6.54 Å². The minimum absolute atomic E-state index is 0.0225. The van der Waals surface area contributed by atoms with Crippen LogP contribution in [-0.4, -0.2) is 27.7 Å². The number of carbonyl (C=O) groups is 1. The van der Waals surface area contributed by atoms with Crippen LogP contribution in [0.2, 0.25) is 10.3 Å². The molecule has 0 aliphatic carbocycles. The van der Waals surface area contributed by atoms with Crippen molar-refractivity contribution in [2.75, 3.05) is 11.4 Å². The quantitative estimate of drug-likeness (QED) is 0.800. The first-order valence-electron chi connectivity index (χ1n) is 3.74. The molecule has 0 aliphatic rings. The smallest absolute Gasteiger partial charge is 0.411 e. The second-order valence-corrected chi connectivity index (χ2v) is 3.05. The molecule has 14 heavy (non-hydrogen) atoms. The predicted octanol–water partition coefficient (Wildman–Crippen LogP) is 2.29. The van der Waals surface area contributed by atoms with E-state index in [0.717, 1.165) is 4.90 Å². The van der Waals surface area contributed by atoms with Crippen molar-refractivity contribution in [1.82, 2.24) is 9.97 Å². The number of amides is 1. The van der Waals surface area contributed by atoms with E-state index >= 15 is 0 Å². The fourth-order valence-corrected chi connectivity index (χ4v) is 1.47. The summed E-state index contributed by atoms with van der Waals surface area (Å²) in [5.74, 6) is 0. The van der Waals surface area contributed by atoms with Gasteiger partial charge in [0.05, 0.1) is 0 Å². The molecule has 1 aromatic heterocycles. The van der Waals surface area contributed by atoms with Crippen LogP contribution in [0.5, 0.6) is 0 Å². The van der Waals surface area contributed by atoms with Crippen molar-refractivity contribution in [3.63, 3.8) is 0 Å². The molecule has 0 spiro atoms. The molecule has 5 nitrogen and oxygen atoms in total. The van der Waals surface area contributed by atoms with Gasteiger partial charge >= 0.3 is 6.09 Å². The Bertz CT molecular complexity index is 339. The Morgan fingerprint density at radius 1 is 1.50 bits per heavy atom. The first kappa shape index (κ1) is 11.0. The highest BCUT2D eigenvalue weighted by molar-refractivity contribution is 6.38. The molecular weight excluding hydrogens is 229 g/mol. The van der Waals surface area contributed by atoms with Gasteiger partial charge in [0.25, 0.3) is 0 Å². The summed E-state index contributed by atoms with van der Waals surface area (Å²) in [5, 5.41) is 8.87. The van der Waals surface area contributed by atoms with Gasteiger partial charge in [-0.05, 0) is 6.92 Å².